The van der Waals surface area contributed by atoms with Gasteiger partial charge in [0.25, 0.3) is 0 Å². The summed E-state index contributed by atoms with van der Waals surface area (Å²) < 4.78 is 10.2. The molecule has 1 fully saturated rings. The van der Waals surface area contributed by atoms with Crippen LogP contribution in [0, 0.1) is 0 Å². The minimum Gasteiger partial charge on any atom is -0.391 e. The van der Waals surface area contributed by atoms with E-state index in [2.05, 4.69) is 10.1 Å². The van der Waals surface area contributed by atoms with E-state index in [4.69, 9.17) is 9.26 Å². The molecule has 3 atom stereocenters. The van der Waals surface area contributed by atoms with Crippen molar-refractivity contribution in [3.63, 3.8) is 0 Å². The van der Waals surface area contributed by atoms with Crippen LogP contribution in [0.1, 0.15) is 30.7 Å². The molecule has 2 rings (SSSR count). The summed E-state index contributed by atoms with van der Waals surface area (Å²) in [6, 6.07) is 0. The second-order valence-corrected chi connectivity index (χ2v) is 4.65. The van der Waals surface area contributed by atoms with Gasteiger partial charge >= 0.3 is 0 Å². The number of rotatable bonds is 3. The van der Waals surface area contributed by atoms with Gasteiger partial charge in [-0.3, -0.25) is 0 Å². The number of aromatic nitrogens is 2. The van der Waals surface area contributed by atoms with Crippen LogP contribution >= 0.6 is 11.8 Å². The molecule has 1 aromatic heterocycles. The SMILES string of the molecule is COC(C)c1noc(C2CSCC2O)n1. The Morgan fingerprint density at radius 2 is 2.40 bits per heavy atom. The largest absolute Gasteiger partial charge is 0.391 e. The topological polar surface area (TPSA) is 68.4 Å². The predicted octanol–water partition coefficient (Wildman–Crippen LogP) is 0.968. The molecule has 1 aliphatic rings. The van der Waals surface area contributed by atoms with Crippen molar-refractivity contribution in [3.8, 4) is 0 Å². The van der Waals surface area contributed by atoms with E-state index in [0.717, 1.165) is 11.5 Å². The van der Waals surface area contributed by atoms with Gasteiger partial charge in [-0.05, 0) is 6.92 Å². The highest BCUT2D eigenvalue weighted by Gasteiger charge is 2.32. The summed E-state index contributed by atoms with van der Waals surface area (Å²) in [6.07, 6.45) is -0.546. The standard InChI is InChI=1S/C9H14N2O3S/c1-5(13-2)8-10-9(14-11-8)6-3-15-4-7(6)12/h5-7,12H,3-4H2,1-2H3. The van der Waals surface area contributed by atoms with E-state index in [1.807, 2.05) is 6.92 Å². The molecule has 0 amide bonds. The number of methoxy groups -OCH3 is 1. The number of ether oxygens (including phenoxy) is 1. The Kier molecular flexibility index (Phi) is 3.28. The smallest absolute Gasteiger partial charge is 0.233 e. The zero-order valence-electron chi connectivity index (χ0n) is 8.71. The normalized spacial score (nSPS) is 28.2. The van der Waals surface area contributed by atoms with Gasteiger partial charge in [0.2, 0.25) is 5.89 Å². The third-order valence-electron chi connectivity index (χ3n) is 2.54. The fourth-order valence-electron chi connectivity index (χ4n) is 1.45. The number of nitrogens with zero attached hydrogens (tertiary/aromatic N) is 2. The van der Waals surface area contributed by atoms with Crippen LogP contribution in [0.15, 0.2) is 4.52 Å². The lowest BCUT2D eigenvalue weighted by Gasteiger charge is -2.07. The van der Waals surface area contributed by atoms with Crippen LogP contribution in [0.5, 0.6) is 0 Å². The van der Waals surface area contributed by atoms with Crippen LogP contribution in [0.4, 0.5) is 0 Å². The van der Waals surface area contributed by atoms with Crippen molar-refractivity contribution in [3.05, 3.63) is 11.7 Å². The van der Waals surface area contributed by atoms with Crippen LogP contribution < -0.4 is 0 Å². The van der Waals surface area contributed by atoms with Crippen LogP contribution in [0.3, 0.4) is 0 Å². The molecule has 3 unspecified atom stereocenters. The number of hydrogen-bond acceptors (Lipinski definition) is 6. The fourth-order valence-corrected chi connectivity index (χ4v) is 2.68. The van der Waals surface area contributed by atoms with E-state index in [-0.39, 0.29) is 18.1 Å². The first kappa shape index (κ1) is 10.9. The van der Waals surface area contributed by atoms with Crippen molar-refractivity contribution < 1.29 is 14.4 Å². The first-order chi connectivity index (χ1) is 7.22. The molecule has 0 aliphatic carbocycles. The van der Waals surface area contributed by atoms with Gasteiger partial charge in [0, 0.05) is 18.6 Å². The lowest BCUT2D eigenvalue weighted by atomic mass is 10.1. The molecule has 6 heteroatoms. The maximum atomic E-state index is 9.67. The van der Waals surface area contributed by atoms with Crippen LogP contribution in [0.2, 0.25) is 0 Å². The van der Waals surface area contributed by atoms with E-state index in [0.29, 0.717) is 11.7 Å². The Hall–Kier alpha value is -0.590. The minimum atomic E-state index is -0.374. The van der Waals surface area contributed by atoms with E-state index in [9.17, 15) is 5.11 Å². The number of thioether (sulfide) groups is 1. The Morgan fingerprint density at radius 1 is 1.60 bits per heavy atom. The highest BCUT2D eigenvalue weighted by molar-refractivity contribution is 7.99. The minimum absolute atomic E-state index is 0.0275. The summed E-state index contributed by atoms with van der Waals surface area (Å²) in [6.45, 7) is 1.86. The van der Waals surface area contributed by atoms with Crippen LogP contribution in [0.25, 0.3) is 0 Å². The summed E-state index contributed by atoms with van der Waals surface area (Å²) in [5.41, 5.74) is 0. The van der Waals surface area contributed by atoms with E-state index >= 15 is 0 Å². The molecule has 2 heterocycles. The Balaban J connectivity index is 2.12. The molecule has 5 nitrogen and oxygen atoms in total. The van der Waals surface area contributed by atoms with E-state index in [1.165, 1.54) is 0 Å². The molecule has 0 saturated carbocycles. The second kappa shape index (κ2) is 4.51. The third kappa shape index (κ3) is 2.16. The summed E-state index contributed by atoms with van der Waals surface area (Å²) >= 11 is 1.70. The molecular formula is C9H14N2O3S. The average Bonchev–Trinajstić information content (AvgIpc) is 2.84. The van der Waals surface area contributed by atoms with Crippen molar-refractivity contribution >= 4 is 11.8 Å². The molecule has 1 saturated heterocycles. The Labute approximate surface area is 92.2 Å². The van der Waals surface area contributed by atoms with Gasteiger partial charge in [-0.25, -0.2) is 0 Å². The van der Waals surface area contributed by atoms with Gasteiger partial charge in [-0.2, -0.15) is 16.7 Å². The molecule has 1 aliphatic heterocycles. The van der Waals surface area contributed by atoms with Gasteiger partial charge < -0.3 is 14.4 Å². The highest BCUT2D eigenvalue weighted by atomic mass is 32.2. The van der Waals surface area contributed by atoms with E-state index in [1.54, 1.807) is 18.9 Å². The zero-order valence-corrected chi connectivity index (χ0v) is 9.53. The van der Waals surface area contributed by atoms with Gasteiger partial charge in [-0.1, -0.05) is 5.16 Å². The lowest BCUT2D eigenvalue weighted by molar-refractivity contribution is 0.109. The third-order valence-corrected chi connectivity index (χ3v) is 3.71. The van der Waals surface area contributed by atoms with Crippen molar-refractivity contribution in [2.45, 2.75) is 25.0 Å². The maximum Gasteiger partial charge on any atom is 0.233 e. The predicted molar refractivity (Wildman–Crippen MR) is 55.8 cm³/mol. The molecule has 1 N–H and O–H groups in total. The van der Waals surface area contributed by atoms with Crippen molar-refractivity contribution in [1.29, 1.82) is 0 Å². The molecular weight excluding hydrogens is 216 g/mol. The molecule has 0 aromatic carbocycles. The second-order valence-electron chi connectivity index (χ2n) is 3.58. The highest BCUT2D eigenvalue weighted by Crippen LogP contribution is 2.32. The molecule has 0 bridgehead atoms. The molecule has 0 radical (unpaired) electrons. The first-order valence-electron chi connectivity index (χ1n) is 4.84. The summed E-state index contributed by atoms with van der Waals surface area (Å²) in [7, 11) is 1.60. The zero-order chi connectivity index (χ0) is 10.8. The lowest BCUT2D eigenvalue weighted by Crippen LogP contribution is -2.16. The average molecular weight is 230 g/mol. The first-order valence-corrected chi connectivity index (χ1v) is 6.00. The Bertz CT molecular complexity index is 331. The van der Waals surface area contributed by atoms with Gasteiger partial charge in [0.05, 0.1) is 12.0 Å². The summed E-state index contributed by atoms with van der Waals surface area (Å²) in [5.74, 6) is 2.61. The van der Waals surface area contributed by atoms with Crippen molar-refractivity contribution in [2.75, 3.05) is 18.6 Å². The summed E-state index contributed by atoms with van der Waals surface area (Å²) in [5, 5.41) is 13.5. The number of hydrogen-bond donors (Lipinski definition) is 1. The maximum absolute atomic E-state index is 9.67. The quantitative estimate of drug-likeness (QED) is 0.834. The van der Waals surface area contributed by atoms with Crippen LogP contribution in [-0.2, 0) is 4.74 Å². The monoisotopic (exact) mass is 230 g/mol. The number of aliphatic hydroxyl groups excluding tert-OH is 1. The van der Waals surface area contributed by atoms with Gasteiger partial charge in [0.1, 0.15) is 6.10 Å². The van der Waals surface area contributed by atoms with Gasteiger partial charge in [-0.15, -0.1) is 0 Å². The van der Waals surface area contributed by atoms with E-state index < -0.39 is 0 Å². The number of aliphatic hydroxyl groups is 1. The molecule has 84 valence electrons. The van der Waals surface area contributed by atoms with Crippen molar-refractivity contribution in [1.82, 2.24) is 10.1 Å². The molecule has 0 spiro atoms. The summed E-state index contributed by atoms with van der Waals surface area (Å²) in [4.78, 5) is 4.24. The molecule has 1 aromatic rings. The van der Waals surface area contributed by atoms with Crippen LogP contribution in [-0.4, -0.2) is 40.0 Å². The Morgan fingerprint density at radius 3 is 3.00 bits per heavy atom. The van der Waals surface area contributed by atoms with Gasteiger partial charge in [0.15, 0.2) is 5.82 Å². The fraction of sp³-hybridized carbons (Fsp3) is 0.778. The van der Waals surface area contributed by atoms with Crippen molar-refractivity contribution in [2.24, 2.45) is 0 Å². The molecule has 15 heavy (non-hydrogen) atoms.